The largest absolute Gasteiger partial charge is 0.323 e. The standard InChI is InChI=1S/C15H17BrN2OS/c1-11(15(19)17-12-6-4-3-5-7-12)18(2)10-13-8-9-14(16)20-13/h3-9,11H,10H2,1-2H3,(H,17,19)/p+1/t11-/m0/s1. The van der Waals surface area contributed by atoms with E-state index in [0.29, 0.717) is 0 Å². The van der Waals surface area contributed by atoms with Gasteiger partial charge in [0.05, 0.1) is 15.7 Å². The van der Waals surface area contributed by atoms with Crippen LogP contribution < -0.4 is 10.2 Å². The summed E-state index contributed by atoms with van der Waals surface area (Å²) in [4.78, 5) is 14.7. The Kier molecular flexibility index (Phi) is 5.34. The predicted octanol–water partition coefficient (Wildman–Crippen LogP) is 2.55. The summed E-state index contributed by atoms with van der Waals surface area (Å²) in [6, 6.07) is 13.6. The highest BCUT2D eigenvalue weighted by Crippen LogP contribution is 2.21. The lowest BCUT2D eigenvalue weighted by atomic mass is 10.2. The van der Waals surface area contributed by atoms with Crippen LogP contribution >= 0.6 is 27.3 Å². The number of quaternary nitrogens is 1. The molecule has 0 bridgehead atoms. The molecule has 1 aromatic carbocycles. The van der Waals surface area contributed by atoms with E-state index in [4.69, 9.17) is 0 Å². The van der Waals surface area contributed by atoms with Gasteiger partial charge < -0.3 is 10.2 Å². The molecule has 5 heteroatoms. The van der Waals surface area contributed by atoms with Crippen molar-refractivity contribution in [3.05, 3.63) is 51.1 Å². The zero-order valence-electron chi connectivity index (χ0n) is 11.5. The lowest BCUT2D eigenvalue weighted by Gasteiger charge is -2.20. The number of amides is 1. The van der Waals surface area contributed by atoms with Crippen LogP contribution in [0.4, 0.5) is 5.69 Å². The van der Waals surface area contributed by atoms with Gasteiger partial charge in [-0.15, -0.1) is 11.3 Å². The van der Waals surface area contributed by atoms with Crippen molar-refractivity contribution in [2.75, 3.05) is 12.4 Å². The number of carbonyl (C=O) groups is 1. The molecule has 0 saturated heterocycles. The number of hydrogen-bond acceptors (Lipinski definition) is 2. The second kappa shape index (κ2) is 7.02. The molecule has 20 heavy (non-hydrogen) atoms. The Bertz CT molecular complexity index is 570. The third kappa shape index (κ3) is 4.16. The van der Waals surface area contributed by atoms with Crippen molar-refractivity contribution in [1.29, 1.82) is 0 Å². The molecular formula is C15H18BrN2OS+. The first kappa shape index (κ1) is 15.2. The Balaban J connectivity index is 1.92. The molecule has 106 valence electrons. The SMILES string of the molecule is C[C@@H](C(=O)Nc1ccccc1)[NH+](C)Cc1ccc(Br)s1. The van der Waals surface area contributed by atoms with Crippen LogP contribution in [0.15, 0.2) is 46.3 Å². The van der Waals surface area contributed by atoms with E-state index < -0.39 is 0 Å². The molecule has 0 aliphatic heterocycles. The van der Waals surface area contributed by atoms with Crippen LogP contribution in [0.2, 0.25) is 0 Å². The molecule has 2 aromatic rings. The molecule has 0 aliphatic rings. The Morgan fingerprint density at radius 1 is 1.30 bits per heavy atom. The number of hydrogen-bond donors (Lipinski definition) is 2. The van der Waals surface area contributed by atoms with E-state index in [1.165, 1.54) is 9.78 Å². The molecule has 0 saturated carbocycles. The monoisotopic (exact) mass is 353 g/mol. The maximum Gasteiger partial charge on any atom is 0.282 e. The molecule has 1 aromatic heterocycles. The second-order valence-electron chi connectivity index (χ2n) is 4.81. The van der Waals surface area contributed by atoms with E-state index in [1.54, 1.807) is 11.3 Å². The Labute approximate surface area is 131 Å². The van der Waals surface area contributed by atoms with Gasteiger partial charge in [0.25, 0.3) is 5.91 Å². The fraction of sp³-hybridized carbons (Fsp3) is 0.267. The van der Waals surface area contributed by atoms with Crippen LogP contribution in [0.25, 0.3) is 0 Å². The fourth-order valence-corrected chi connectivity index (χ4v) is 3.45. The molecule has 0 aliphatic carbocycles. The average Bonchev–Trinajstić information content (AvgIpc) is 2.84. The summed E-state index contributed by atoms with van der Waals surface area (Å²) in [6.07, 6.45) is 0. The lowest BCUT2D eigenvalue weighted by Crippen LogP contribution is -3.12. The quantitative estimate of drug-likeness (QED) is 0.850. The van der Waals surface area contributed by atoms with Crippen molar-refractivity contribution in [1.82, 2.24) is 0 Å². The van der Waals surface area contributed by atoms with Crippen molar-refractivity contribution in [3.8, 4) is 0 Å². The fourth-order valence-electron chi connectivity index (χ4n) is 1.87. The lowest BCUT2D eigenvalue weighted by molar-refractivity contribution is -0.907. The van der Waals surface area contributed by atoms with Crippen molar-refractivity contribution in [3.63, 3.8) is 0 Å². The highest BCUT2D eigenvalue weighted by molar-refractivity contribution is 9.11. The topological polar surface area (TPSA) is 33.5 Å². The van der Waals surface area contributed by atoms with Gasteiger partial charge in [0, 0.05) is 5.69 Å². The number of benzene rings is 1. The van der Waals surface area contributed by atoms with Gasteiger partial charge >= 0.3 is 0 Å². The van der Waals surface area contributed by atoms with Gasteiger partial charge in [-0.1, -0.05) is 18.2 Å². The zero-order valence-corrected chi connectivity index (χ0v) is 13.9. The first-order chi connectivity index (χ1) is 9.56. The van der Waals surface area contributed by atoms with Gasteiger partial charge in [-0.25, -0.2) is 0 Å². The van der Waals surface area contributed by atoms with Crippen LogP contribution in [-0.4, -0.2) is 19.0 Å². The van der Waals surface area contributed by atoms with Crippen molar-refractivity contribution in [2.24, 2.45) is 0 Å². The van der Waals surface area contributed by atoms with Crippen molar-refractivity contribution < 1.29 is 9.69 Å². The van der Waals surface area contributed by atoms with Gasteiger partial charge in [0.1, 0.15) is 6.54 Å². The van der Waals surface area contributed by atoms with E-state index in [-0.39, 0.29) is 11.9 Å². The summed E-state index contributed by atoms with van der Waals surface area (Å²) in [5, 5.41) is 2.95. The Morgan fingerprint density at radius 3 is 2.60 bits per heavy atom. The number of nitrogens with one attached hydrogen (secondary N) is 2. The minimum atomic E-state index is -0.101. The van der Waals surface area contributed by atoms with E-state index >= 15 is 0 Å². The van der Waals surface area contributed by atoms with E-state index in [2.05, 4.69) is 27.3 Å². The number of halogens is 1. The Hall–Kier alpha value is -1.17. The minimum Gasteiger partial charge on any atom is -0.323 e. The molecule has 0 fully saturated rings. The van der Waals surface area contributed by atoms with E-state index in [0.717, 1.165) is 16.0 Å². The molecule has 1 amide bonds. The van der Waals surface area contributed by atoms with Gasteiger partial charge in [-0.3, -0.25) is 4.79 Å². The molecule has 2 atom stereocenters. The summed E-state index contributed by atoms with van der Waals surface area (Å²) in [5.41, 5.74) is 0.844. The zero-order chi connectivity index (χ0) is 14.5. The van der Waals surface area contributed by atoms with Crippen LogP contribution in [0.1, 0.15) is 11.8 Å². The third-order valence-electron chi connectivity index (χ3n) is 3.26. The van der Waals surface area contributed by atoms with Crippen LogP contribution in [-0.2, 0) is 11.3 Å². The maximum absolute atomic E-state index is 12.2. The predicted molar refractivity (Wildman–Crippen MR) is 87.1 cm³/mol. The number of para-hydroxylation sites is 1. The highest BCUT2D eigenvalue weighted by Gasteiger charge is 2.22. The number of rotatable bonds is 5. The highest BCUT2D eigenvalue weighted by atomic mass is 79.9. The molecule has 0 spiro atoms. The van der Waals surface area contributed by atoms with Gasteiger partial charge in [0.2, 0.25) is 0 Å². The summed E-state index contributed by atoms with van der Waals surface area (Å²) >= 11 is 5.18. The minimum absolute atomic E-state index is 0.0457. The summed E-state index contributed by atoms with van der Waals surface area (Å²) in [6.45, 7) is 2.80. The number of likely N-dealkylation sites (N-methyl/N-ethyl adjacent to an activating group) is 1. The number of anilines is 1. The van der Waals surface area contributed by atoms with Crippen molar-refractivity contribution >= 4 is 38.9 Å². The molecule has 0 radical (unpaired) electrons. The number of carbonyl (C=O) groups excluding carboxylic acids is 1. The summed E-state index contributed by atoms with van der Waals surface area (Å²) < 4.78 is 1.13. The van der Waals surface area contributed by atoms with Gasteiger partial charge in [-0.2, -0.15) is 0 Å². The van der Waals surface area contributed by atoms with Crippen molar-refractivity contribution in [2.45, 2.75) is 19.5 Å². The summed E-state index contributed by atoms with van der Waals surface area (Å²) in [5.74, 6) is 0.0457. The third-order valence-corrected chi connectivity index (χ3v) is 4.88. The number of thiophene rings is 1. The van der Waals surface area contributed by atoms with E-state index in [9.17, 15) is 4.79 Å². The van der Waals surface area contributed by atoms with Crippen LogP contribution in [0.5, 0.6) is 0 Å². The average molecular weight is 354 g/mol. The van der Waals surface area contributed by atoms with E-state index in [1.807, 2.05) is 50.4 Å². The molecule has 1 unspecified atom stereocenters. The smallest absolute Gasteiger partial charge is 0.282 e. The Morgan fingerprint density at radius 2 is 2.00 bits per heavy atom. The molecular weight excluding hydrogens is 336 g/mol. The normalized spacial score (nSPS) is 13.8. The second-order valence-corrected chi connectivity index (χ2v) is 7.35. The molecule has 2 N–H and O–H groups in total. The maximum atomic E-state index is 12.2. The first-order valence-electron chi connectivity index (χ1n) is 6.48. The first-order valence-corrected chi connectivity index (χ1v) is 8.09. The van der Waals surface area contributed by atoms with Gasteiger partial charge in [0.15, 0.2) is 6.04 Å². The molecule has 3 nitrogen and oxygen atoms in total. The van der Waals surface area contributed by atoms with Crippen LogP contribution in [0, 0.1) is 0 Å². The van der Waals surface area contributed by atoms with Crippen LogP contribution in [0.3, 0.4) is 0 Å². The van der Waals surface area contributed by atoms with Gasteiger partial charge in [-0.05, 0) is 47.1 Å². The molecule has 1 heterocycles. The summed E-state index contributed by atoms with van der Waals surface area (Å²) in [7, 11) is 2.04. The molecule has 2 rings (SSSR count).